The number of nitro groups is 1. The molecule has 0 saturated heterocycles. The molecule has 7 heteroatoms. The van der Waals surface area contributed by atoms with Crippen LogP contribution in [0.5, 0.6) is 0 Å². The number of non-ortho nitro benzene ring substituents is 1. The number of likely N-dealkylation sites (N-methyl/N-ethyl adjacent to an activating group) is 1. The van der Waals surface area contributed by atoms with Gasteiger partial charge in [-0.05, 0) is 30.7 Å². The SMILES string of the molecule is C[C@H](OC(=O)/C=C/c1ccc([N+](=O)[O-])cc1)C(=O)N(C)C. The van der Waals surface area contributed by atoms with Gasteiger partial charge < -0.3 is 9.64 Å². The fourth-order valence-corrected chi connectivity index (χ4v) is 1.50. The highest BCUT2D eigenvalue weighted by Crippen LogP contribution is 2.12. The zero-order valence-corrected chi connectivity index (χ0v) is 12.0. The van der Waals surface area contributed by atoms with Crippen LogP contribution in [0.4, 0.5) is 5.69 Å². The first-order chi connectivity index (χ1) is 9.81. The van der Waals surface area contributed by atoms with Crippen LogP contribution in [0.15, 0.2) is 30.3 Å². The zero-order chi connectivity index (χ0) is 16.0. The first-order valence-electron chi connectivity index (χ1n) is 6.15. The van der Waals surface area contributed by atoms with Gasteiger partial charge in [-0.25, -0.2) is 4.79 Å². The van der Waals surface area contributed by atoms with E-state index in [4.69, 9.17) is 4.74 Å². The highest BCUT2D eigenvalue weighted by Gasteiger charge is 2.17. The van der Waals surface area contributed by atoms with Gasteiger partial charge in [0.15, 0.2) is 6.10 Å². The number of carbonyl (C=O) groups is 2. The van der Waals surface area contributed by atoms with E-state index >= 15 is 0 Å². The van der Waals surface area contributed by atoms with Crippen LogP contribution in [-0.4, -0.2) is 41.9 Å². The lowest BCUT2D eigenvalue weighted by Gasteiger charge is -2.16. The van der Waals surface area contributed by atoms with Crippen LogP contribution in [0, 0.1) is 10.1 Å². The molecule has 112 valence electrons. The van der Waals surface area contributed by atoms with Crippen molar-refractivity contribution in [1.29, 1.82) is 0 Å². The van der Waals surface area contributed by atoms with Gasteiger partial charge in [0.2, 0.25) is 0 Å². The predicted octanol–water partition coefficient (Wildman–Crippen LogP) is 1.63. The Hall–Kier alpha value is -2.70. The van der Waals surface area contributed by atoms with Crippen molar-refractivity contribution >= 4 is 23.6 Å². The summed E-state index contributed by atoms with van der Waals surface area (Å²) in [5, 5.41) is 10.5. The Morgan fingerprint density at radius 2 is 1.86 bits per heavy atom. The van der Waals surface area contributed by atoms with E-state index in [-0.39, 0.29) is 11.6 Å². The maximum absolute atomic E-state index is 11.5. The Balaban J connectivity index is 2.62. The quantitative estimate of drug-likeness (QED) is 0.356. The number of amides is 1. The van der Waals surface area contributed by atoms with Crippen molar-refractivity contribution in [2.45, 2.75) is 13.0 Å². The van der Waals surface area contributed by atoms with Gasteiger partial charge in [-0.2, -0.15) is 0 Å². The van der Waals surface area contributed by atoms with Crippen LogP contribution in [0.2, 0.25) is 0 Å². The van der Waals surface area contributed by atoms with Gasteiger partial charge in [-0.1, -0.05) is 0 Å². The second-order valence-corrected chi connectivity index (χ2v) is 4.49. The standard InChI is InChI=1S/C14H16N2O5/c1-10(14(18)15(2)3)21-13(17)9-6-11-4-7-12(8-5-11)16(19)20/h4-10H,1-3H3/b9-6+/t10-/m0/s1. The Labute approximate surface area is 122 Å². The van der Waals surface area contributed by atoms with Crippen molar-refractivity contribution < 1.29 is 19.2 Å². The van der Waals surface area contributed by atoms with E-state index < -0.39 is 17.0 Å². The van der Waals surface area contributed by atoms with Crippen LogP contribution in [0.25, 0.3) is 6.08 Å². The molecule has 21 heavy (non-hydrogen) atoms. The molecule has 1 aromatic rings. The third kappa shape index (κ3) is 5.06. The molecule has 0 saturated carbocycles. The van der Waals surface area contributed by atoms with Crippen LogP contribution < -0.4 is 0 Å². The van der Waals surface area contributed by atoms with E-state index in [1.165, 1.54) is 48.2 Å². The minimum atomic E-state index is -0.867. The van der Waals surface area contributed by atoms with Gasteiger partial charge in [0.1, 0.15) is 0 Å². The van der Waals surface area contributed by atoms with Gasteiger partial charge in [0, 0.05) is 32.3 Å². The fraction of sp³-hybridized carbons (Fsp3) is 0.286. The summed E-state index contributed by atoms with van der Waals surface area (Å²) in [6.45, 7) is 1.49. The van der Waals surface area contributed by atoms with Crippen molar-refractivity contribution in [3.05, 3.63) is 46.0 Å². The average Bonchev–Trinajstić information content (AvgIpc) is 2.44. The molecule has 0 aliphatic rings. The minimum absolute atomic E-state index is 0.0278. The number of rotatable bonds is 5. The summed E-state index contributed by atoms with van der Waals surface area (Å²) >= 11 is 0. The molecule has 1 amide bonds. The lowest BCUT2D eigenvalue weighted by Crippen LogP contribution is -2.34. The number of hydrogen-bond donors (Lipinski definition) is 0. The molecule has 0 heterocycles. The number of carbonyl (C=O) groups excluding carboxylic acids is 2. The molecule has 0 aromatic heterocycles. The van der Waals surface area contributed by atoms with E-state index in [1.807, 2.05) is 0 Å². The number of hydrogen-bond acceptors (Lipinski definition) is 5. The Kier molecular flexibility index (Phi) is 5.59. The summed E-state index contributed by atoms with van der Waals surface area (Å²) in [7, 11) is 3.14. The second kappa shape index (κ2) is 7.18. The summed E-state index contributed by atoms with van der Waals surface area (Å²) < 4.78 is 4.93. The molecule has 0 N–H and O–H groups in total. The average molecular weight is 292 g/mol. The summed E-state index contributed by atoms with van der Waals surface area (Å²) in [5.41, 5.74) is 0.587. The molecule has 1 aromatic carbocycles. The summed E-state index contributed by atoms with van der Waals surface area (Å²) in [4.78, 5) is 34.4. The first-order valence-corrected chi connectivity index (χ1v) is 6.15. The van der Waals surface area contributed by atoms with Crippen molar-refractivity contribution in [2.24, 2.45) is 0 Å². The molecular formula is C14H16N2O5. The van der Waals surface area contributed by atoms with Crippen LogP contribution in [-0.2, 0) is 14.3 Å². The monoisotopic (exact) mass is 292 g/mol. The lowest BCUT2D eigenvalue weighted by molar-refractivity contribution is -0.384. The molecule has 0 aliphatic heterocycles. The van der Waals surface area contributed by atoms with E-state index in [9.17, 15) is 19.7 Å². The Bertz CT molecular complexity index is 563. The largest absolute Gasteiger partial charge is 0.449 e. The number of benzene rings is 1. The van der Waals surface area contributed by atoms with Crippen molar-refractivity contribution in [1.82, 2.24) is 4.90 Å². The van der Waals surface area contributed by atoms with E-state index in [1.54, 1.807) is 14.1 Å². The molecule has 0 unspecified atom stereocenters. The van der Waals surface area contributed by atoms with Crippen molar-refractivity contribution in [3.63, 3.8) is 0 Å². The molecule has 0 spiro atoms. The number of nitro benzene ring substituents is 1. The second-order valence-electron chi connectivity index (χ2n) is 4.49. The summed E-state index contributed by atoms with van der Waals surface area (Å²) in [6, 6.07) is 5.69. The molecule has 0 fully saturated rings. The van der Waals surface area contributed by atoms with Crippen molar-refractivity contribution in [2.75, 3.05) is 14.1 Å². The van der Waals surface area contributed by atoms with Gasteiger partial charge in [0.25, 0.3) is 11.6 Å². The molecule has 1 rings (SSSR count). The predicted molar refractivity (Wildman–Crippen MR) is 76.4 cm³/mol. The maximum atomic E-state index is 11.5. The zero-order valence-electron chi connectivity index (χ0n) is 12.0. The molecule has 0 aliphatic carbocycles. The Morgan fingerprint density at radius 1 is 1.29 bits per heavy atom. The molecular weight excluding hydrogens is 276 g/mol. The summed E-state index contributed by atoms with van der Waals surface area (Å²) in [5.74, 6) is -0.969. The molecule has 7 nitrogen and oxygen atoms in total. The topological polar surface area (TPSA) is 89.7 Å². The van der Waals surface area contributed by atoms with E-state index in [0.29, 0.717) is 5.56 Å². The third-order valence-corrected chi connectivity index (χ3v) is 2.60. The first kappa shape index (κ1) is 16.4. The van der Waals surface area contributed by atoms with Gasteiger partial charge >= 0.3 is 5.97 Å². The summed E-state index contributed by atoms with van der Waals surface area (Å²) in [6.07, 6.45) is 1.76. The number of esters is 1. The van der Waals surface area contributed by atoms with Crippen LogP contribution in [0.3, 0.4) is 0 Å². The fourth-order valence-electron chi connectivity index (χ4n) is 1.50. The maximum Gasteiger partial charge on any atom is 0.331 e. The Morgan fingerprint density at radius 3 is 2.33 bits per heavy atom. The van der Waals surface area contributed by atoms with Crippen LogP contribution >= 0.6 is 0 Å². The highest BCUT2D eigenvalue weighted by molar-refractivity contribution is 5.90. The van der Waals surface area contributed by atoms with Crippen LogP contribution in [0.1, 0.15) is 12.5 Å². The van der Waals surface area contributed by atoms with Gasteiger partial charge in [-0.3, -0.25) is 14.9 Å². The van der Waals surface area contributed by atoms with E-state index in [0.717, 1.165) is 0 Å². The van der Waals surface area contributed by atoms with E-state index in [2.05, 4.69) is 0 Å². The van der Waals surface area contributed by atoms with Gasteiger partial charge in [-0.15, -0.1) is 0 Å². The number of nitrogens with zero attached hydrogens (tertiary/aromatic N) is 2. The minimum Gasteiger partial charge on any atom is -0.449 e. The number of ether oxygens (including phenoxy) is 1. The normalized spacial score (nSPS) is 12.0. The van der Waals surface area contributed by atoms with Crippen molar-refractivity contribution in [3.8, 4) is 0 Å². The lowest BCUT2D eigenvalue weighted by atomic mass is 10.2. The molecule has 0 radical (unpaired) electrons. The third-order valence-electron chi connectivity index (χ3n) is 2.60. The highest BCUT2D eigenvalue weighted by atomic mass is 16.6. The smallest absolute Gasteiger partial charge is 0.331 e. The molecule has 1 atom stereocenters. The van der Waals surface area contributed by atoms with Gasteiger partial charge in [0.05, 0.1) is 4.92 Å². The molecule has 0 bridgehead atoms.